The van der Waals surface area contributed by atoms with Crippen LogP contribution in [0.2, 0.25) is 5.15 Å². The molecule has 0 bridgehead atoms. The average Bonchev–Trinajstić information content (AvgIpc) is 3.32. The van der Waals surface area contributed by atoms with Gasteiger partial charge in [0.05, 0.1) is 23.4 Å². The van der Waals surface area contributed by atoms with Crippen molar-refractivity contribution in [3.05, 3.63) is 41.1 Å². The summed E-state index contributed by atoms with van der Waals surface area (Å²) in [5, 5.41) is 7.85. The molecular weight excluding hydrogens is 604 g/mol. The van der Waals surface area contributed by atoms with Gasteiger partial charge in [0, 0.05) is 32.0 Å². The second kappa shape index (κ2) is 9.85. The Hall–Kier alpha value is -1.76. The summed E-state index contributed by atoms with van der Waals surface area (Å²) in [6.07, 6.45) is -0.756. The van der Waals surface area contributed by atoms with Crippen LogP contribution in [-0.4, -0.2) is 42.4 Å². The monoisotopic (exact) mass is 622 g/mol. The van der Waals surface area contributed by atoms with Crippen LogP contribution in [0.15, 0.2) is 24.3 Å². The molecule has 4 rings (SSSR count). The SMILES string of the molecule is CSN(C)c1cc(-c2nc(C)nn2C)ccc1Nc1cc(Cl)nc2c1nc(C(F)F)n2PI. The van der Waals surface area contributed by atoms with E-state index in [-0.39, 0.29) is 17.4 Å². The molecule has 0 saturated heterocycles. The van der Waals surface area contributed by atoms with Crippen molar-refractivity contribution >= 4 is 80.2 Å². The van der Waals surface area contributed by atoms with Crippen molar-refractivity contribution in [1.82, 2.24) is 29.1 Å². The Labute approximate surface area is 213 Å². The molecule has 0 saturated carbocycles. The second-order valence-electron chi connectivity index (χ2n) is 7.00. The smallest absolute Gasteiger partial charge is 0.295 e. The lowest BCUT2D eigenvalue weighted by atomic mass is 10.1. The van der Waals surface area contributed by atoms with E-state index < -0.39 is 6.43 Å². The lowest BCUT2D eigenvalue weighted by Crippen LogP contribution is -2.09. The lowest BCUT2D eigenvalue weighted by molar-refractivity contribution is 0.140. The van der Waals surface area contributed by atoms with Gasteiger partial charge < -0.3 is 9.62 Å². The molecule has 0 aliphatic rings. The molecule has 4 aromatic rings. The average molecular weight is 623 g/mol. The highest BCUT2D eigenvalue weighted by Crippen LogP contribution is 2.40. The van der Waals surface area contributed by atoms with Crippen molar-refractivity contribution in [2.45, 2.75) is 13.3 Å². The minimum absolute atomic E-state index is 0.00555. The van der Waals surface area contributed by atoms with Crippen LogP contribution < -0.4 is 9.62 Å². The van der Waals surface area contributed by atoms with Gasteiger partial charge >= 0.3 is 0 Å². The van der Waals surface area contributed by atoms with Crippen LogP contribution in [0.1, 0.15) is 18.1 Å². The third kappa shape index (κ3) is 4.75. The number of aromatic nitrogens is 6. The van der Waals surface area contributed by atoms with Crippen LogP contribution in [-0.2, 0) is 7.05 Å². The molecule has 1 N–H and O–H groups in total. The predicted octanol–water partition coefficient (Wildman–Crippen LogP) is 6.38. The number of anilines is 3. The van der Waals surface area contributed by atoms with Crippen molar-refractivity contribution in [2.75, 3.05) is 22.9 Å². The highest BCUT2D eigenvalue weighted by atomic mass is 127. The number of pyridine rings is 1. The number of hydrogen-bond donors (Lipinski definition) is 1. The van der Waals surface area contributed by atoms with Crippen molar-refractivity contribution in [3.8, 4) is 11.4 Å². The van der Waals surface area contributed by atoms with Gasteiger partial charge in [-0.3, -0.25) is 4.34 Å². The molecule has 0 radical (unpaired) electrons. The molecule has 1 aromatic carbocycles. The maximum absolute atomic E-state index is 13.6. The fourth-order valence-corrected chi connectivity index (χ4v) is 5.84. The fourth-order valence-electron chi connectivity index (χ4n) is 3.40. The van der Waals surface area contributed by atoms with Gasteiger partial charge in [-0.05, 0) is 47.2 Å². The first kappa shape index (κ1) is 24.4. The summed E-state index contributed by atoms with van der Waals surface area (Å²) in [6, 6.07) is 7.43. The molecule has 1 unspecified atom stereocenters. The van der Waals surface area contributed by atoms with Crippen LogP contribution >= 0.6 is 52.0 Å². The van der Waals surface area contributed by atoms with Gasteiger partial charge in [-0.25, -0.2) is 28.4 Å². The molecule has 3 heterocycles. The summed E-state index contributed by atoms with van der Waals surface area (Å²) in [5.41, 5.74) is 3.67. The Bertz CT molecular complexity index is 1330. The third-order valence-corrected chi connectivity index (χ3v) is 7.89. The standard InChI is InChI=1S/C19H19ClF2IN8PS/c1-9-24-17(29(2)28-9)10-5-6-11(13(7-10)30(3)33-4)25-12-8-14(20)26-18-15(12)27-19(16(21)22)31(18)32-23/h5-8,16,32H,1-4H3,(H,25,26). The Kier molecular flexibility index (Phi) is 7.27. The number of benzene rings is 1. The number of alkyl halides is 2. The molecule has 174 valence electrons. The van der Waals surface area contributed by atoms with Crippen molar-refractivity contribution in [3.63, 3.8) is 0 Å². The first-order valence-electron chi connectivity index (χ1n) is 9.54. The predicted molar refractivity (Wildman–Crippen MR) is 142 cm³/mol. The summed E-state index contributed by atoms with van der Waals surface area (Å²) < 4.78 is 32.3. The number of fused-ring (bicyclic) bond motifs is 1. The maximum Gasteiger partial charge on any atom is 0.295 e. The van der Waals surface area contributed by atoms with Gasteiger partial charge in [0.25, 0.3) is 6.43 Å². The largest absolute Gasteiger partial charge is 0.352 e. The van der Waals surface area contributed by atoms with E-state index in [1.807, 2.05) is 71.8 Å². The molecule has 0 fully saturated rings. The van der Waals surface area contributed by atoms with Crippen LogP contribution in [0.3, 0.4) is 0 Å². The zero-order valence-electron chi connectivity index (χ0n) is 17.9. The van der Waals surface area contributed by atoms with Gasteiger partial charge in [0.1, 0.15) is 16.5 Å². The highest BCUT2D eigenvalue weighted by Gasteiger charge is 2.23. The molecule has 0 aliphatic carbocycles. The zero-order valence-corrected chi connectivity index (χ0v) is 22.7. The molecule has 0 spiro atoms. The van der Waals surface area contributed by atoms with Gasteiger partial charge in [-0.15, -0.1) is 0 Å². The van der Waals surface area contributed by atoms with Crippen LogP contribution in [0.4, 0.5) is 25.8 Å². The summed E-state index contributed by atoms with van der Waals surface area (Å²) in [6.45, 7) is 1.84. The molecule has 14 heteroatoms. The van der Waals surface area contributed by atoms with E-state index in [0.29, 0.717) is 22.7 Å². The Morgan fingerprint density at radius 2 is 1.97 bits per heavy atom. The van der Waals surface area contributed by atoms with E-state index in [0.717, 1.165) is 22.8 Å². The van der Waals surface area contributed by atoms with E-state index >= 15 is 0 Å². The maximum atomic E-state index is 13.6. The minimum Gasteiger partial charge on any atom is -0.352 e. The number of hydrogen-bond acceptors (Lipinski definition) is 7. The van der Waals surface area contributed by atoms with E-state index in [1.165, 1.54) is 16.3 Å². The van der Waals surface area contributed by atoms with Crippen molar-refractivity contribution in [1.29, 1.82) is 0 Å². The van der Waals surface area contributed by atoms with Gasteiger partial charge in [0.15, 0.2) is 17.3 Å². The molecule has 33 heavy (non-hydrogen) atoms. The van der Waals surface area contributed by atoms with Gasteiger partial charge in [0.2, 0.25) is 0 Å². The summed E-state index contributed by atoms with van der Waals surface area (Å²) in [5.74, 6) is 1.10. The lowest BCUT2D eigenvalue weighted by Gasteiger charge is -2.21. The minimum atomic E-state index is -2.72. The zero-order chi connectivity index (χ0) is 23.9. The molecular formula is C19H19ClF2IN8PS. The number of nitrogens with zero attached hydrogens (tertiary/aromatic N) is 7. The van der Waals surface area contributed by atoms with E-state index in [2.05, 4.69) is 25.4 Å². The summed E-state index contributed by atoms with van der Waals surface area (Å²) >= 11 is 9.81. The fraction of sp³-hybridized carbons (Fsp3) is 0.263. The van der Waals surface area contributed by atoms with E-state index in [9.17, 15) is 8.78 Å². The molecule has 0 amide bonds. The van der Waals surface area contributed by atoms with E-state index in [4.69, 9.17) is 11.6 Å². The number of halogens is 4. The van der Waals surface area contributed by atoms with Crippen molar-refractivity contribution in [2.24, 2.45) is 7.05 Å². The third-order valence-electron chi connectivity index (χ3n) is 4.90. The first-order valence-corrected chi connectivity index (χ1v) is 15.2. The quantitative estimate of drug-likeness (QED) is 0.111. The van der Waals surface area contributed by atoms with Gasteiger partial charge in [-0.2, -0.15) is 5.10 Å². The Balaban J connectivity index is 1.84. The Morgan fingerprint density at radius 1 is 1.21 bits per heavy atom. The van der Waals surface area contributed by atoms with Crippen LogP contribution in [0.25, 0.3) is 22.6 Å². The van der Waals surface area contributed by atoms with E-state index in [1.54, 1.807) is 10.7 Å². The number of aryl methyl sites for hydroxylation is 2. The number of nitrogens with one attached hydrogen (secondary N) is 1. The Morgan fingerprint density at radius 3 is 2.58 bits per heavy atom. The topological polar surface area (TPSA) is 76.7 Å². The number of imidazole rings is 1. The molecule has 0 aliphatic heterocycles. The number of rotatable bonds is 7. The summed E-state index contributed by atoms with van der Waals surface area (Å²) in [7, 11) is 3.78. The molecule has 1 atom stereocenters. The first-order chi connectivity index (χ1) is 15.7. The van der Waals surface area contributed by atoms with Crippen molar-refractivity contribution < 1.29 is 8.78 Å². The van der Waals surface area contributed by atoms with Crippen LogP contribution in [0, 0.1) is 6.92 Å². The molecule has 8 nitrogen and oxygen atoms in total. The summed E-state index contributed by atoms with van der Waals surface area (Å²) in [4.78, 5) is 12.9. The normalized spacial score (nSPS) is 11.9. The van der Waals surface area contributed by atoms with Gasteiger partial charge in [-0.1, -0.05) is 23.5 Å². The molecule has 3 aromatic heterocycles. The second-order valence-corrected chi connectivity index (χ2v) is 10.4. The van der Waals surface area contributed by atoms with Crippen LogP contribution in [0.5, 0.6) is 0 Å². The highest BCUT2D eigenvalue weighted by molar-refractivity contribution is 14.2.